The van der Waals surface area contributed by atoms with Gasteiger partial charge in [0.25, 0.3) is 0 Å². The van der Waals surface area contributed by atoms with Crippen molar-refractivity contribution in [3.05, 3.63) is 53.2 Å². The number of rotatable bonds is 6. The Kier molecular flexibility index (Phi) is 6.00. The number of hydrogen-bond acceptors (Lipinski definition) is 6. The average molecular weight is 415 g/mol. The van der Waals surface area contributed by atoms with Gasteiger partial charge in [-0.25, -0.2) is 0 Å². The van der Waals surface area contributed by atoms with E-state index in [2.05, 4.69) is 28.3 Å². The van der Waals surface area contributed by atoms with Gasteiger partial charge >= 0.3 is 0 Å². The summed E-state index contributed by atoms with van der Waals surface area (Å²) in [7, 11) is 0. The third kappa shape index (κ3) is 4.67. The number of piperidine rings is 1. The van der Waals surface area contributed by atoms with Gasteiger partial charge in [0, 0.05) is 55.8 Å². The van der Waals surface area contributed by atoms with Crippen molar-refractivity contribution in [2.75, 3.05) is 19.6 Å². The van der Waals surface area contributed by atoms with Crippen LogP contribution in [0.25, 0.3) is 10.8 Å². The highest BCUT2D eigenvalue weighted by Gasteiger charge is 2.36. The Morgan fingerprint density at radius 1 is 1.24 bits per heavy atom. The van der Waals surface area contributed by atoms with E-state index in [0.717, 1.165) is 42.4 Å². The molecule has 2 aliphatic heterocycles. The first-order valence-corrected chi connectivity index (χ1v) is 11.2. The number of aliphatic hydroxyl groups excluding tert-OH is 1. The minimum atomic E-state index is -0.851. The smallest absolute Gasteiger partial charge is 0.157 e. The molecule has 4 rings (SSSR count). The van der Waals surface area contributed by atoms with Crippen LogP contribution < -0.4 is 0 Å². The number of hydrogen-bond donors (Lipinski definition) is 2. The normalized spacial score (nSPS) is 25.9. The summed E-state index contributed by atoms with van der Waals surface area (Å²) in [6.07, 6.45) is 5.64. The summed E-state index contributed by atoms with van der Waals surface area (Å²) < 4.78 is 5.90. The number of benzene rings is 1. The van der Waals surface area contributed by atoms with Crippen LogP contribution in [0.5, 0.6) is 0 Å². The number of fused-ring (bicyclic) bond motifs is 1. The van der Waals surface area contributed by atoms with Crippen molar-refractivity contribution < 1.29 is 14.9 Å². The molecule has 0 bridgehead atoms. The fourth-order valence-corrected chi connectivity index (χ4v) is 5.44. The molecule has 6 heteroatoms. The minimum absolute atomic E-state index is 0.354. The van der Waals surface area contributed by atoms with Crippen LogP contribution in [0.3, 0.4) is 0 Å². The van der Waals surface area contributed by atoms with Crippen LogP contribution >= 0.6 is 11.8 Å². The first-order valence-electron chi connectivity index (χ1n) is 10.3. The third-order valence-corrected chi connectivity index (χ3v) is 7.30. The fourth-order valence-electron chi connectivity index (χ4n) is 4.43. The molecule has 0 saturated carbocycles. The molecule has 2 aromatic rings. The summed E-state index contributed by atoms with van der Waals surface area (Å²) in [6.45, 7) is 6.47. The zero-order valence-corrected chi connectivity index (χ0v) is 18.0. The molecule has 1 aromatic carbocycles. The minimum Gasteiger partial charge on any atom is -0.385 e. The summed E-state index contributed by atoms with van der Waals surface area (Å²) in [5, 5.41) is 25.9. The topological polar surface area (TPSA) is 65.8 Å². The van der Waals surface area contributed by atoms with Crippen LogP contribution in [-0.2, 0) is 10.3 Å². The van der Waals surface area contributed by atoms with Gasteiger partial charge in [-0.15, -0.1) is 0 Å². The first kappa shape index (κ1) is 20.8. The van der Waals surface area contributed by atoms with E-state index in [-0.39, 0.29) is 4.93 Å². The molecule has 2 atom stereocenters. The number of nitrogens with zero attached hydrogens (tertiary/aromatic N) is 2. The number of aromatic nitrogens is 1. The molecule has 0 spiro atoms. The first-order chi connectivity index (χ1) is 13.9. The van der Waals surface area contributed by atoms with E-state index in [0.29, 0.717) is 19.3 Å². The molecular weight excluding hydrogens is 384 g/mol. The van der Waals surface area contributed by atoms with Gasteiger partial charge in [-0.2, -0.15) is 0 Å². The van der Waals surface area contributed by atoms with Gasteiger partial charge in [0.15, 0.2) is 6.29 Å². The van der Waals surface area contributed by atoms with Crippen molar-refractivity contribution in [1.29, 1.82) is 0 Å². The highest BCUT2D eigenvalue weighted by atomic mass is 32.2. The maximum Gasteiger partial charge on any atom is 0.157 e. The van der Waals surface area contributed by atoms with Crippen LogP contribution in [0.2, 0.25) is 0 Å². The van der Waals surface area contributed by atoms with Gasteiger partial charge in [-0.3, -0.25) is 4.98 Å². The SMILES string of the molecule is CC1=CS[C@@](C)(OC(O)CCN2CCC(O)(c3cncc4ccccc34)CC2)C1. The lowest BCUT2D eigenvalue weighted by Crippen LogP contribution is -2.44. The van der Waals surface area contributed by atoms with Crippen molar-refractivity contribution in [3.8, 4) is 0 Å². The predicted octanol–water partition coefficient (Wildman–Crippen LogP) is 4.00. The quantitative estimate of drug-likeness (QED) is 0.697. The maximum absolute atomic E-state index is 11.3. The van der Waals surface area contributed by atoms with Crippen LogP contribution in [-0.4, -0.2) is 51.0 Å². The lowest BCUT2D eigenvalue weighted by Gasteiger charge is -2.39. The summed E-state index contributed by atoms with van der Waals surface area (Å²) in [5.41, 5.74) is 1.37. The molecule has 3 heterocycles. The molecule has 1 unspecified atom stereocenters. The molecule has 2 aliphatic rings. The van der Waals surface area contributed by atoms with Crippen LogP contribution in [0.4, 0.5) is 0 Å². The van der Waals surface area contributed by atoms with E-state index in [4.69, 9.17) is 4.74 Å². The molecule has 1 saturated heterocycles. The van der Waals surface area contributed by atoms with Gasteiger partial charge in [-0.05, 0) is 37.5 Å². The molecule has 5 nitrogen and oxygen atoms in total. The van der Waals surface area contributed by atoms with E-state index in [1.165, 1.54) is 5.57 Å². The van der Waals surface area contributed by atoms with Crippen LogP contribution in [0, 0.1) is 0 Å². The van der Waals surface area contributed by atoms with E-state index in [9.17, 15) is 10.2 Å². The van der Waals surface area contributed by atoms with Crippen LogP contribution in [0.15, 0.2) is 47.6 Å². The van der Waals surface area contributed by atoms with Gasteiger partial charge in [0.1, 0.15) is 4.93 Å². The summed E-state index contributed by atoms with van der Waals surface area (Å²) in [5.74, 6) is 0. The average Bonchev–Trinajstić information content (AvgIpc) is 3.05. The highest BCUT2D eigenvalue weighted by Crippen LogP contribution is 2.42. The highest BCUT2D eigenvalue weighted by molar-refractivity contribution is 8.03. The van der Waals surface area contributed by atoms with Gasteiger partial charge in [-0.1, -0.05) is 41.6 Å². The molecular formula is C23H30N2O3S. The summed E-state index contributed by atoms with van der Waals surface area (Å²) in [6, 6.07) is 8.09. The Bertz CT molecular complexity index is 889. The molecule has 1 fully saturated rings. The lowest BCUT2D eigenvalue weighted by molar-refractivity contribution is -0.148. The third-order valence-electron chi connectivity index (χ3n) is 6.04. The monoisotopic (exact) mass is 414 g/mol. The molecule has 0 aliphatic carbocycles. The molecule has 2 N–H and O–H groups in total. The second-order valence-corrected chi connectivity index (χ2v) is 9.87. The van der Waals surface area contributed by atoms with Crippen molar-refractivity contribution >= 4 is 22.5 Å². The van der Waals surface area contributed by atoms with Crippen molar-refractivity contribution in [3.63, 3.8) is 0 Å². The second-order valence-electron chi connectivity index (χ2n) is 8.54. The zero-order chi connectivity index (χ0) is 20.5. The van der Waals surface area contributed by atoms with E-state index >= 15 is 0 Å². The predicted molar refractivity (Wildman–Crippen MR) is 117 cm³/mol. The van der Waals surface area contributed by atoms with Gasteiger partial charge < -0.3 is 19.8 Å². The Balaban J connectivity index is 1.31. The van der Waals surface area contributed by atoms with E-state index in [1.54, 1.807) is 11.8 Å². The molecule has 29 heavy (non-hydrogen) atoms. The molecule has 0 amide bonds. The van der Waals surface area contributed by atoms with Crippen molar-refractivity contribution in [2.24, 2.45) is 0 Å². The maximum atomic E-state index is 11.3. The Labute approximate surface area is 176 Å². The van der Waals surface area contributed by atoms with Crippen molar-refractivity contribution in [1.82, 2.24) is 9.88 Å². The number of pyridine rings is 1. The fraction of sp³-hybridized carbons (Fsp3) is 0.522. The molecule has 156 valence electrons. The Morgan fingerprint density at radius 2 is 2.00 bits per heavy atom. The Hall–Kier alpha value is -1.44. The summed E-state index contributed by atoms with van der Waals surface area (Å²) >= 11 is 1.64. The Morgan fingerprint density at radius 3 is 2.72 bits per heavy atom. The number of aliphatic hydroxyl groups is 2. The van der Waals surface area contributed by atoms with Crippen molar-refractivity contribution in [2.45, 2.75) is 56.4 Å². The largest absolute Gasteiger partial charge is 0.385 e. The number of thioether (sulfide) groups is 1. The van der Waals surface area contributed by atoms with E-state index in [1.807, 2.05) is 37.5 Å². The van der Waals surface area contributed by atoms with E-state index < -0.39 is 11.9 Å². The molecule has 1 aromatic heterocycles. The lowest BCUT2D eigenvalue weighted by atomic mass is 9.83. The van der Waals surface area contributed by atoms with Gasteiger partial charge in [0.05, 0.1) is 5.60 Å². The number of likely N-dealkylation sites (tertiary alicyclic amines) is 1. The second kappa shape index (κ2) is 8.36. The number of ether oxygens (including phenoxy) is 1. The van der Waals surface area contributed by atoms with Gasteiger partial charge in [0.2, 0.25) is 0 Å². The molecule has 0 radical (unpaired) electrons. The standard InChI is InChI=1S/C23H30N2O3S/c1-17-13-22(2,29-16-17)28-21(26)7-10-25-11-8-23(27,9-12-25)20-15-24-14-18-5-3-4-6-19(18)20/h3-6,14-16,21,26-27H,7-13H2,1-2H3/t21?,22-/m1/s1. The zero-order valence-electron chi connectivity index (χ0n) is 17.2. The summed E-state index contributed by atoms with van der Waals surface area (Å²) in [4.78, 5) is 6.29. The van der Waals surface area contributed by atoms with Crippen LogP contribution in [0.1, 0.15) is 45.1 Å².